The Balaban J connectivity index is 0.992. The molecule has 57 heavy (non-hydrogen) atoms. The summed E-state index contributed by atoms with van der Waals surface area (Å²) in [6.07, 6.45) is -3.33. The number of fused-ring (bicyclic) bond motifs is 1. The number of piperidine rings is 1. The molecule has 3 N–H and O–H groups in total. The molecular weight excluding hydrogens is 759 g/mol. The third-order valence-corrected chi connectivity index (χ3v) is 9.81. The van der Waals surface area contributed by atoms with Crippen molar-refractivity contribution in [2.24, 2.45) is 0 Å². The van der Waals surface area contributed by atoms with E-state index in [0.29, 0.717) is 49.8 Å². The number of urea groups is 1. The van der Waals surface area contributed by atoms with Crippen LogP contribution in [0.5, 0.6) is 17.4 Å². The largest absolute Gasteiger partial charge is 0.495 e. The summed E-state index contributed by atoms with van der Waals surface area (Å²) in [5.41, 5.74) is -0.328. The van der Waals surface area contributed by atoms with Crippen molar-refractivity contribution in [2.75, 3.05) is 44.0 Å². The van der Waals surface area contributed by atoms with Crippen molar-refractivity contribution in [2.45, 2.75) is 44.6 Å². The number of imide groups is 1. The number of anilines is 3. The zero-order valence-electron chi connectivity index (χ0n) is 30.5. The van der Waals surface area contributed by atoms with E-state index in [0.717, 1.165) is 12.1 Å². The van der Waals surface area contributed by atoms with Crippen molar-refractivity contribution in [3.63, 3.8) is 0 Å². The first-order valence-corrected chi connectivity index (χ1v) is 17.8. The number of carbonyl (C=O) groups excluding carboxylic acids is 4. The Morgan fingerprint density at radius 3 is 2.47 bits per heavy atom. The number of aromatic nitrogens is 2. The number of hydrogen-bond acceptors (Lipinski definition) is 10. The molecule has 3 aliphatic rings. The van der Waals surface area contributed by atoms with Crippen LogP contribution in [0.25, 0.3) is 0 Å². The second-order valence-electron chi connectivity index (χ2n) is 13.7. The Morgan fingerprint density at radius 1 is 1.00 bits per heavy atom. The van der Waals surface area contributed by atoms with Gasteiger partial charge in [0.05, 0.1) is 29.6 Å². The summed E-state index contributed by atoms with van der Waals surface area (Å²) < 4.78 is 83.4. The number of alkyl halides is 3. The van der Waals surface area contributed by atoms with Gasteiger partial charge in [-0.15, -0.1) is 0 Å². The maximum atomic E-state index is 15.5. The number of methoxy groups -OCH3 is 1. The van der Waals surface area contributed by atoms with Gasteiger partial charge in [0.15, 0.2) is 0 Å². The molecule has 3 aromatic carbocycles. The molecule has 0 spiro atoms. The summed E-state index contributed by atoms with van der Waals surface area (Å²) in [6.45, 7) is 1.82. The van der Waals surface area contributed by atoms with Gasteiger partial charge in [-0.1, -0.05) is 18.2 Å². The van der Waals surface area contributed by atoms with Crippen molar-refractivity contribution in [1.29, 1.82) is 0 Å². The molecule has 3 aliphatic heterocycles. The summed E-state index contributed by atoms with van der Waals surface area (Å²) in [5, 5.41) is 7.64. The molecule has 0 aliphatic carbocycles. The van der Waals surface area contributed by atoms with Crippen LogP contribution in [0.1, 0.15) is 56.7 Å². The number of hydrogen-bond donors (Lipinski definition) is 3. The monoisotopic (exact) mass is 794 g/mol. The number of nitrogens with zero attached hydrogens (tertiary/aromatic N) is 5. The van der Waals surface area contributed by atoms with E-state index in [2.05, 4.69) is 30.8 Å². The van der Waals surface area contributed by atoms with Crippen molar-refractivity contribution >= 4 is 41.1 Å². The molecule has 4 aromatic rings. The van der Waals surface area contributed by atoms with E-state index in [1.807, 2.05) is 0 Å². The van der Waals surface area contributed by atoms with Crippen LogP contribution in [0.15, 0.2) is 54.7 Å². The summed E-state index contributed by atoms with van der Waals surface area (Å²) in [6, 6.07) is 10.2. The van der Waals surface area contributed by atoms with E-state index in [4.69, 9.17) is 9.47 Å². The second-order valence-corrected chi connectivity index (χ2v) is 13.7. The highest BCUT2D eigenvalue weighted by atomic mass is 19.4. The average Bonchev–Trinajstić information content (AvgIpc) is 3.45. The van der Waals surface area contributed by atoms with Gasteiger partial charge in [-0.25, -0.2) is 18.6 Å². The molecule has 0 bridgehead atoms. The van der Waals surface area contributed by atoms with Crippen molar-refractivity contribution in [3.8, 4) is 17.4 Å². The highest BCUT2D eigenvalue weighted by Crippen LogP contribution is 2.40. The minimum absolute atomic E-state index is 0.0375. The Hall–Kier alpha value is -6.37. The fourth-order valence-electron chi connectivity index (χ4n) is 6.89. The number of amides is 5. The Kier molecular flexibility index (Phi) is 10.7. The number of carbonyl (C=O) groups is 4. The molecule has 19 heteroatoms. The zero-order chi connectivity index (χ0) is 40.6. The first kappa shape index (κ1) is 38.9. The molecule has 4 heterocycles. The van der Waals surface area contributed by atoms with Crippen LogP contribution < -0.4 is 30.3 Å². The summed E-state index contributed by atoms with van der Waals surface area (Å²) in [7, 11) is 2.81. The molecule has 14 nitrogen and oxygen atoms in total. The van der Waals surface area contributed by atoms with Crippen molar-refractivity contribution in [3.05, 3.63) is 94.2 Å². The van der Waals surface area contributed by atoms with E-state index >= 15 is 4.39 Å². The normalized spacial score (nSPS) is 16.4. The fourth-order valence-corrected chi connectivity index (χ4v) is 6.89. The first-order valence-electron chi connectivity index (χ1n) is 17.8. The van der Waals surface area contributed by atoms with Crippen LogP contribution in [-0.4, -0.2) is 83.4 Å². The topological polar surface area (TPSA) is 158 Å². The number of ether oxygens (including phenoxy) is 2. The number of benzene rings is 3. The lowest BCUT2D eigenvalue weighted by Gasteiger charge is -2.32. The van der Waals surface area contributed by atoms with Crippen LogP contribution >= 0.6 is 0 Å². The first-order chi connectivity index (χ1) is 27.2. The summed E-state index contributed by atoms with van der Waals surface area (Å²) in [4.78, 5) is 61.8. The highest BCUT2D eigenvalue weighted by Gasteiger charge is 2.38. The quantitative estimate of drug-likeness (QED) is 0.169. The predicted molar refractivity (Wildman–Crippen MR) is 193 cm³/mol. The lowest BCUT2D eigenvalue weighted by molar-refractivity contribution is -0.139. The van der Waals surface area contributed by atoms with Crippen molar-refractivity contribution < 1.29 is 50.6 Å². The molecular formula is C38H35F5N8O6. The lowest BCUT2D eigenvalue weighted by Crippen LogP contribution is -2.49. The van der Waals surface area contributed by atoms with Gasteiger partial charge in [0, 0.05) is 64.5 Å². The molecule has 0 atom stereocenters. The van der Waals surface area contributed by atoms with E-state index in [9.17, 15) is 36.7 Å². The minimum atomic E-state index is -4.92. The molecule has 7 rings (SSSR count). The standard InChI is InChI=1S/C38H35F5N8O6/c1-49-19-21-4-3-5-29(32(21)35(49)54)57-34-24(38(41,42)43)17-44-36(48-34)46-27-16-25(39)23(15-30(27)56-2)33(53)45-22-8-11-50(12-9-22)18-20-6-7-28(26(40)14-20)51-13-10-31(52)47-37(51)55/h3-7,14-17,22H,8-13,18-19H2,1-2H3,(H,45,53)(H,44,46,48)(H,47,52,55). The predicted octanol–water partition coefficient (Wildman–Crippen LogP) is 5.74. The molecule has 0 radical (unpaired) electrons. The second kappa shape index (κ2) is 15.6. The van der Waals surface area contributed by atoms with Gasteiger partial charge in [0.25, 0.3) is 11.8 Å². The zero-order valence-corrected chi connectivity index (χ0v) is 30.5. The molecule has 5 amide bonds. The maximum Gasteiger partial charge on any atom is 0.423 e. The summed E-state index contributed by atoms with van der Waals surface area (Å²) >= 11 is 0. The number of nitrogens with one attached hydrogen (secondary N) is 3. The minimum Gasteiger partial charge on any atom is -0.495 e. The third kappa shape index (κ3) is 8.28. The Labute approximate surface area is 321 Å². The van der Waals surface area contributed by atoms with Gasteiger partial charge >= 0.3 is 12.2 Å². The van der Waals surface area contributed by atoms with E-state index in [-0.39, 0.29) is 59.6 Å². The van der Waals surface area contributed by atoms with Gasteiger partial charge in [0.2, 0.25) is 17.7 Å². The smallest absolute Gasteiger partial charge is 0.423 e. The molecule has 0 saturated carbocycles. The van der Waals surface area contributed by atoms with Crippen LogP contribution in [0.4, 0.5) is 44.1 Å². The summed E-state index contributed by atoms with van der Waals surface area (Å²) in [5.74, 6) is -4.60. The van der Waals surface area contributed by atoms with Gasteiger partial charge in [-0.3, -0.25) is 29.5 Å². The van der Waals surface area contributed by atoms with Crippen molar-refractivity contribution in [1.82, 2.24) is 30.4 Å². The Bertz CT molecular complexity index is 2270. The van der Waals surface area contributed by atoms with Gasteiger partial charge in [0.1, 0.15) is 28.7 Å². The Morgan fingerprint density at radius 2 is 1.77 bits per heavy atom. The fraction of sp³-hybridized carbons (Fsp3) is 0.316. The third-order valence-electron chi connectivity index (χ3n) is 9.81. The van der Waals surface area contributed by atoms with E-state index < -0.39 is 59.0 Å². The lowest BCUT2D eigenvalue weighted by atomic mass is 10.0. The highest BCUT2D eigenvalue weighted by molar-refractivity contribution is 6.05. The average molecular weight is 795 g/mol. The molecule has 2 fully saturated rings. The maximum absolute atomic E-state index is 15.5. The van der Waals surface area contributed by atoms with Crippen LogP contribution in [-0.2, 0) is 24.1 Å². The molecule has 2 saturated heterocycles. The van der Waals surface area contributed by atoms with Gasteiger partial charge in [-0.2, -0.15) is 18.2 Å². The molecule has 298 valence electrons. The van der Waals surface area contributed by atoms with Crippen LogP contribution in [0, 0.1) is 11.6 Å². The SMILES string of the molecule is COc1cc(C(=O)NC2CCN(Cc3ccc(N4CCC(=O)NC4=O)c(F)c3)CC2)c(F)cc1Nc1ncc(C(F)(F)F)c(Oc2cccc3c2C(=O)N(C)C3)n1. The van der Waals surface area contributed by atoms with Gasteiger partial charge < -0.3 is 25.0 Å². The number of halogens is 5. The molecule has 1 aromatic heterocycles. The van der Waals surface area contributed by atoms with E-state index in [1.165, 1.54) is 35.1 Å². The van der Waals surface area contributed by atoms with E-state index in [1.54, 1.807) is 25.2 Å². The number of likely N-dealkylation sites (tertiary alicyclic amines) is 1. The van der Waals surface area contributed by atoms with Crippen LogP contribution in [0.2, 0.25) is 0 Å². The molecule has 0 unspecified atom stereocenters. The number of rotatable bonds is 10. The van der Waals surface area contributed by atoms with Gasteiger partial charge in [-0.05, 0) is 48.2 Å². The van der Waals surface area contributed by atoms with Crippen LogP contribution in [0.3, 0.4) is 0 Å².